The Morgan fingerprint density at radius 1 is 1.44 bits per heavy atom. The molecule has 0 amide bonds. The lowest BCUT2D eigenvalue weighted by atomic mass is 10.1. The third-order valence-electron chi connectivity index (χ3n) is 3.12. The number of nitrogens with zero attached hydrogens (tertiary/aromatic N) is 1. The second kappa shape index (κ2) is 5.21. The van der Waals surface area contributed by atoms with Crippen LogP contribution in [0.2, 0.25) is 0 Å². The van der Waals surface area contributed by atoms with E-state index in [0.717, 1.165) is 30.9 Å². The molecular formula is C13H20N2O. The van der Waals surface area contributed by atoms with Gasteiger partial charge in [0.25, 0.3) is 0 Å². The maximum absolute atomic E-state index is 5.95. The van der Waals surface area contributed by atoms with Gasteiger partial charge in [0.1, 0.15) is 11.9 Å². The summed E-state index contributed by atoms with van der Waals surface area (Å²) in [5.41, 5.74) is 6.60. The maximum atomic E-state index is 5.95. The van der Waals surface area contributed by atoms with Gasteiger partial charge in [0.15, 0.2) is 0 Å². The van der Waals surface area contributed by atoms with Gasteiger partial charge in [0.05, 0.1) is 5.69 Å². The second-order valence-corrected chi connectivity index (χ2v) is 4.31. The van der Waals surface area contributed by atoms with E-state index >= 15 is 0 Å². The molecule has 0 bridgehead atoms. The van der Waals surface area contributed by atoms with Crippen molar-refractivity contribution in [2.24, 2.45) is 0 Å². The zero-order valence-electron chi connectivity index (χ0n) is 9.86. The molecule has 3 nitrogen and oxygen atoms in total. The van der Waals surface area contributed by atoms with Gasteiger partial charge < -0.3 is 10.5 Å². The molecule has 2 N–H and O–H groups in total. The standard InChI is InChI=1S/C13H20N2O/c1-2-15-9-5-6-11(10-15)16-13-8-4-3-7-12(13)14/h3-4,7-8,11H,2,5-6,9-10,14H2,1H3/t11-/m0/s1. The number of hydrogen-bond acceptors (Lipinski definition) is 3. The predicted octanol–water partition coefficient (Wildman–Crippen LogP) is 2.13. The van der Waals surface area contributed by atoms with Gasteiger partial charge in [-0.05, 0) is 38.1 Å². The molecule has 1 fully saturated rings. The third-order valence-corrected chi connectivity index (χ3v) is 3.12. The zero-order chi connectivity index (χ0) is 11.4. The fourth-order valence-electron chi connectivity index (χ4n) is 2.16. The van der Waals surface area contributed by atoms with Crippen LogP contribution in [-0.2, 0) is 0 Å². The summed E-state index contributed by atoms with van der Waals surface area (Å²) in [5.74, 6) is 0.824. The Morgan fingerprint density at radius 3 is 3.00 bits per heavy atom. The SMILES string of the molecule is CCN1CCC[C@H](Oc2ccccc2N)C1. The molecular weight excluding hydrogens is 200 g/mol. The summed E-state index contributed by atoms with van der Waals surface area (Å²) in [6.07, 6.45) is 2.63. The first-order valence-corrected chi connectivity index (χ1v) is 6.03. The molecule has 0 aromatic heterocycles. The molecule has 1 aromatic rings. The van der Waals surface area contributed by atoms with Gasteiger partial charge in [-0.2, -0.15) is 0 Å². The summed E-state index contributed by atoms with van der Waals surface area (Å²) in [6.45, 7) is 5.51. The molecule has 1 saturated heterocycles. The minimum Gasteiger partial charge on any atom is -0.487 e. The Hall–Kier alpha value is -1.22. The Bertz CT molecular complexity index is 340. The maximum Gasteiger partial charge on any atom is 0.142 e. The van der Waals surface area contributed by atoms with E-state index in [2.05, 4.69) is 11.8 Å². The van der Waals surface area contributed by atoms with Crippen molar-refractivity contribution in [3.8, 4) is 5.75 Å². The van der Waals surface area contributed by atoms with Crippen LogP contribution in [0.4, 0.5) is 5.69 Å². The number of likely N-dealkylation sites (tertiary alicyclic amines) is 1. The molecule has 1 aliphatic rings. The van der Waals surface area contributed by atoms with Crippen molar-refractivity contribution in [1.82, 2.24) is 4.90 Å². The van der Waals surface area contributed by atoms with Crippen molar-refractivity contribution in [2.45, 2.75) is 25.9 Å². The minimum atomic E-state index is 0.290. The number of anilines is 1. The molecule has 1 aromatic carbocycles. The highest BCUT2D eigenvalue weighted by Gasteiger charge is 2.20. The smallest absolute Gasteiger partial charge is 0.142 e. The van der Waals surface area contributed by atoms with Gasteiger partial charge in [0, 0.05) is 6.54 Å². The van der Waals surface area contributed by atoms with Crippen LogP contribution in [0.15, 0.2) is 24.3 Å². The largest absolute Gasteiger partial charge is 0.487 e. The summed E-state index contributed by atoms with van der Waals surface area (Å²) in [6, 6.07) is 7.73. The van der Waals surface area contributed by atoms with Crippen LogP contribution in [0.5, 0.6) is 5.75 Å². The van der Waals surface area contributed by atoms with Gasteiger partial charge in [-0.1, -0.05) is 19.1 Å². The van der Waals surface area contributed by atoms with Crippen molar-refractivity contribution >= 4 is 5.69 Å². The van der Waals surface area contributed by atoms with Gasteiger partial charge in [-0.15, -0.1) is 0 Å². The summed E-state index contributed by atoms with van der Waals surface area (Å²) >= 11 is 0. The van der Waals surface area contributed by atoms with Crippen molar-refractivity contribution in [1.29, 1.82) is 0 Å². The summed E-state index contributed by atoms with van der Waals surface area (Å²) in [5, 5.41) is 0. The van der Waals surface area contributed by atoms with E-state index in [4.69, 9.17) is 10.5 Å². The van der Waals surface area contributed by atoms with E-state index in [9.17, 15) is 0 Å². The first kappa shape index (κ1) is 11.3. The number of nitrogen functional groups attached to an aromatic ring is 1. The molecule has 0 unspecified atom stereocenters. The van der Waals surface area contributed by atoms with Crippen LogP contribution < -0.4 is 10.5 Å². The quantitative estimate of drug-likeness (QED) is 0.793. The van der Waals surface area contributed by atoms with Crippen LogP contribution in [0.25, 0.3) is 0 Å². The minimum absolute atomic E-state index is 0.290. The fourth-order valence-corrected chi connectivity index (χ4v) is 2.16. The molecule has 3 heteroatoms. The summed E-state index contributed by atoms with van der Waals surface area (Å²) in [7, 11) is 0. The normalized spacial score (nSPS) is 21.9. The molecule has 16 heavy (non-hydrogen) atoms. The van der Waals surface area contributed by atoms with Crippen molar-refractivity contribution in [3.05, 3.63) is 24.3 Å². The van der Waals surface area contributed by atoms with E-state index in [0.29, 0.717) is 6.10 Å². The third kappa shape index (κ3) is 2.67. The Balaban J connectivity index is 1.97. The topological polar surface area (TPSA) is 38.5 Å². The first-order chi connectivity index (χ1) is 7.79. The zero-order valence-corrected chi connectivity index (χ0v) is 9.86. The highest BCUT2D eigenvalue weighted by molar-refractivity contribution is 5.51. The van der Waals surface area contributed by atoms with Gasteiger partial charge in [-0.3, -0.25) is 4.90 Å². The monoisotopic (exact) mass is 220 g/mol. The Kier molecular flexibility index (Phi) is 3.67. The summed E-state index contributed by atoms with van der Waals surface area (Å²) < 4.78 is 5.95. The molecule has 1 heterocycles. The number of ether oxygens (including phenoxy) is 1. The molecule has 88 valence electrons. The van der Waals surface area contributed by atoms with E-state index in [-0.39, 0.29) is 0 Å². The van der Waals surface area contributed by atoms with Crippen molar-refractivity contribution in [3.63, 3.8) is 0 Å². The van der Waals surface area contributed by atoms with E-state index in [1.165, 1.54) is 13.0 Å². The lowest BCUT2D eigenvalue weighted by Gasteiger charge is -2.32. The highest BCUT2D eigenvalue weighted by Crippen LogP contribution is 2.23. The van der Waals surface area contributed by atoms with Crippen LogP contribution in [0.3, 0.4) is 0 Å². The molecule has 0 saturated carbocycles. The van der Waals surface area contributed by atoms with Crippen molar-refractivity contribution in [2.75, 3.05) is 25.4 Å². The molecule has 1 atom stereocenters. The van der Waals surface area contributed by atoms with Gasteiger partial charge >= 0.3 is 0 Å². The number of likely N-dealkylation sites (N-methyl/N-ethyl adjacent to an activating group) is 1. The molecule has 1 aliphatic heterocycles. The molecule has 2 rings (SSSR count). The number of rotatable bonds is 3. The second-order valence-electron chi connectivity index (χ2n) is 4.31. The number of para-hydroxylation sites is 2. The van der Waals surface area contributed by atoms with Crippen molar-refractivity contribution < 1.29 is 4.74 Å². The Labute approximate surface area is 97.2 Å². The average Bonchev–Trinajstić information content (AvgIpc) is 2.32. The van der Waals surface area contributed by atoms with Crippen LogP contribution in [0, 0.1) is 0 Å². The molecule has 0 spiro atoms. The number of hydrogen-bond donors (Lipinski definition) is 1. The first-order valence-electron chi connectivity index (χ1n) is 6.03. The lowest BCUT2D eigenvalue weighted by molar-refractivity contribution is 0.0925. The van der Waals surface area contributed by atoms with Crippen LogP contribution in [0.1, 0.15) is 19.8 Å². The lowest BCUT2D eigenvalue weighted by Crippen LogP contribution is -2.40. The molecule has 0 aliphatic carbocycles. The fraction of sp³-hybridized carbons (Fsp3) is 0.538. The molecule has 0 radical (unpaired) electrons. The Morgan fingerprint density at radius 2 is 2.25 bits per heavy atom. The van der Waals surface area contributed by atoms with E-state index in [1.54, 1.807) is 0 Å². The van der Waals surface area contributed by atoms with Crippen LogP contribution in [-0.4, -0.2) is 30.6 Å². The number of nitrogens with two attached hydrogens (primary N) is 1. The van der Waals surface area contributed by atoms with Crippen LogP contribution >= 0.6 is 0 Å². The summed E-state index contributed by atoms with van der Waals surface area (Å²) in [4.78, 5) is 2.42. The van der Waals surface area contributed by atoms with Gasteiger partial charge in [0.2, 0.25) is 0 Å². The average molecular weight is 220 g/mol. The highest BCUT2D eigenvalue weighted by atomic mass is 16.5. The number of benzene rings is 1. The predicted molar refractivity (Wildman–Crippen MR) is 66.6 cm³/mol. The number of piperidine rings is 1. The van der Waals surface area contributed by atoms with E-state index < -0.39 is 0 Å². The van der Waals surface area contributed by atoms with Gasteiger partial charge in [-0.25, -0.2) is 0 Å². The van der Waals surface area contributed by atoms with E-state index in [1.807, 2.05) is 24.3 Å².